The Morgan fingerprint density at radius 1 is 1.38 bits per heavy atom. The summed E-state index contributed by atoms with van der Waals surface area (Å²) in [6.07, 6.45) is 3.60. The summed E-state index contributed by atoms with van der Waals surface area (Å²) in [5.74, 6) is 0.898. The third-order valence-corrected chi connectivity index (χ3v) is 3.94. The zero-order valence-corrected chi connectivity index (χ0v) is 9.38. The number of carbonyl (C=O) groups is 1. The summed E-state index contributed by atoms with van der Waals surface area (Å²) >= 11 is 0. The number of amides is 1. The SMILES string of the molecule is COc1ccc2c(c1)C1(CCC1)CNC2=O. The van der Waals surface area contributed by atoms with Crippen LogP contribution < -0.4 is 10.1 Å². The van der Waals surface area contributed by atoms with E-state index < -0.39 is 0 Å². The molecule has 84 valence electrons. The number of ether oxygens (including phenoxy) is 1. The maximum absolute atomic E-state index is 11.8. The van der Waals surface area contributed by atoms with Gasteiger partial charge in [-0.25, -0.2) is 0 Å². The molecule has 1 aromatic rings. The lowest BCUT2D eigenvalue weighted by Gasteiger charge is -2.46. The van der Waals surface area contributed by atoms with E-state index in [4.69, 9.17) is 4.74 Å². The van der Waals surface area contributed by atoms with Crippen LogP contribution in [0.1, 0.15) is 35.2 Å². The van der Waals surface area contributed by atoms with Crippen molar-refractivity contribution in [1.29, 1.82) is 0 Å². The van der Waals surface area contributed by atoms with Crippen LogP contribution in [0.15, 0.2) is 18.2 Å². The first-order valence-electron chi connectivity index (χ1n) is 5.72. The first kappa shape index (κ1) is 9.70. The average molecular weight is 217 g/mol. The molecule has 1 amide bonds. The van der Waals surface area contributed by atoms with E-state index >= 15 is 0 Å². The third-order valence-electron chi connectivity index (χ3n) is 3.94. The molecule has 0 bridgehead atoms. The molecule has 2 aliphatic rings. The van der Waals surface area contributed by atoms with Gasteiger partial charge in [0, 0.05) is 17.5 Å². The minimum Gasteiger partial charge on any atom is -0.497 e. The number of hydrogen-bond acceptors (Lipinski definition) is 2. The first-order valence-corrected chi connectivity index (χ1v) is 5.72. The van der Waals surface area contributed by atoms with Crippen molar-refractivity contribution < 1.29 is 9.53 Å². The van der Waals surface area contributed by atoms with Gasteiger partial charge in [0.05, 0.1) is 7.11 Å². The molecule has 1 aliphatic carbocycles. The van der Waals surface area contributed by atoms with Gasteiger partial charge >= 0.3 is 0 Å². The predicted molar refractivity (Wildman–Crippen MR) is 60.9 cm³/mol. The predicted octanol–water partition coefficient (Wildman–Crippen LogP) is 1.86. The second-order valence-electron chi connectivity index (χ2n) is 4.73. The van der Waals surface area contributed by atoms with Gasteiger partial charge in [0.15, 0.2) is 0 Å². The van der Waals surface area contributed by atoms with Crippen molar-refractivity contribution in [2.24, 2.45) is 0 Å². The summed E-state index contributed by atoms with van der Waals surface area (Å²) in [5.41, 5.74) is 2.20. The average Bonchev–Trinajstić information content (AvgIpc) is 2.27. The van der Waals surface area contributed by atoms with Crippen LogP contribution in [0.25, 0.3) is 0 Å². The molecule has 1 spiro atoms. The maximum atomic E-state index is 11.8. The van der Waals surface area contributed by atoms with E-state index in [0.717, 1.165) is 17.9 Å². The highest BCUT2D eigenvalue weighted by atomic mass is 16.5. The molecule has 1 aromatic carbocycles. The summed E-state index contributed by atoms with van der Waals surface area (Å²) in [6.45, 7) is 0.784. The zero-order valence-electron chi connectivity index (χ0n) is 9.38. The Morgan fingerprint density at radius 3 is 2.81 bits per heavy atom. The van der Waals surface area contributed by atoms with Crippen molar-refractivity contribution in [1.82, 2.24) is 5.32 Å². The molecule has 3 rings (SSSR count). The molecule has 1 heterocycles. The number of fused-ring (bicyclic) bond motifs is 2. The van der Waals surface area contributed by atoms with Gasteiger partial charge in [-0.05, 0) is 36.6 Å². The summed E-state index contributed by atoms with van der Waals surface area (Å²) in [7, 11) is 1.66. The largest absolute Gasteiger partial charge is 0.497 e. The summed E-state index contributed by atoms with van der Waals surface area (Å²) in [4.78, 5) is 11.8. The van der Waals surface area contributed by atoms with Crippen molar-refractivity contribution in [3.05, 3.63) is 29.3 Å². The number of methoxy groups -OCH3 is 1. The molecule has 3 nitrogen and oxygen atoms in total. The molecular formula is C13H15NO2. The number of benzene rings is 1. The fourth-order valence-electron chi connectivity index (χ4n) is 2.78. The van der Waals surface area contributed by atoms with Gasteiger partial charge in [-0.2, -0.15) is 0 Å². The van der Waals surface area contributed by atoms with Crippen LogP contribution in [0.3, 0.4) is 0 Å². The Labute approximate surface area is 94.8 Å². The molecule has 0 saturated heterocycles. The highest BCUT2D eigenvalue weighted by molar-refractivity contribution is 5.97. The highest BCUT2D eigenvalue weighted by Crippen LogP contribution is 2.47. The molecule has 0 radical (unpaired) electrons. The zero-order chi connectivity index (χ0) is 11.2. The Balaban J connectivity index is 2.14. The minimum absolute atomic E-state index is 0.0511. The topological polar surface area (TPSA) is 38.3 Å². The van der Waals surface area contributed by atoms with Crippen molar-refractivity contribution >= 4 is 5.91 Å². The Kier molecular flexibility index (Phi) is 1.96. The smallest absolute Gasteiger partial charge is 0.251 e. The van der Waals surface area contributed by atoms with Crippen LogP contribution in [0.5, 0.6) is 5.75 Å². The lowest BCUT2D eigenvalue weighted by molar-refractivity contribution is 0.0895. The van der Waals surface area contributed by atoms with Gasteiger partial charge in [0.2, 0.25) is 0 Å². The minimum atomic E-state index is 0.0511. The van der Waals surface area contributed by atoms with E-state index in [1.165, 1.54) is 24.8 Å². The summed E-state index contributed by atoms with van der Waals surface area (Å²) in [6, 6.07) is 5.77. The molecule has 0 unspecified atom stereocenters. The molecule has 1 N–H and O–H groups in total. The monoisotopic (exact) mass is 217 g/mol. The van der Waals surface area contributed by atoms with Crippen molar-refractivity contribution in [3.8, 4) is 5.75 Å². The van der Waals surface area contributed by atoms with E-state index in [1.807, 2.05) is 18.2 Å². The Hall–Kier alpha value is -1.51. The molecule has 1 fully saturated rings. The van der Waals surface area contributed by atoms with Gasteiger partial charge in [-0.3, -0.25) is 4.79 Å². The normalized spacial score (nSPS) is 20.9. The maximum Gasteiger partial charge on any atom is 0.251 e. The van der Waals surface area contributed by atoms with E-state index in [1.54, 1.807) is 7.11 Å². The lowest BCUT2D eigenvalue weighted by Crippen LogP contribution is -2.50. The first-order chi connectivity index (χ1) is 7.75. The number of nitrogens with one attached hydrogen (secondary N) is 1. The Morgan fingerprint density at radius 2 is 2.19 bits per heavy atom. The van der Waals surface area contributed by atoms with Gasteiger partial charge in [0.1, 0.15) is 5.75 Å². The van der Waals surface area contributed by atoms with Crippen LogP contribution in [-0.2, 0) is 5.41 Å². The van der Waals surface area contributed by atoms with Crippen molar-refractivity contribution in [3.63, 3.8) is 0 Å². The van der Waals surface area contributed by atoms with E-state index in [9.17, 15) is 4.79 Å². The lowest BCUT2D eigenvalue weighted by atomic mass is 9.62. The molecule has 1 aliphatic heterocycles. The van der Waals surface area contributed by atoms with Crippen LogP contribution in [-0.4, -0.2) is 19.6 Å². The van der Waals surface area contributed by atoms with Gasteiger partial charge in [-0.15, -0.1) is 0 Å². The van der Waals surface area contributed by atoms with Crippen LogP contribution >= 0.6 is 0 Å². The fraction of sp³-hybridized carbons (Fsp3) is 0.462. The molecule has 3 heteroatoms. The van der Waals surface area contributed by atoms with Crippen LogP contribution in [0, 0.1) is 0 Å². The number of rotatable bonds is 1. The quantitative estimate of drug-likeness (QED) is 0.779. The van der Waals surface area contributed by atoms with Gasteiger partial charge in [-0.1, -0.05) is 6.42 Å². The van der Waals surface area contributed by atoms with Crippen molar-refractivity contribution in [2.45, 2.75) is 24.7 Å². The van der Waals surface area contributed by atoms with E-state index in [2.05, 4.69) is 5.32 Å². The second kappa shape index (κ2) is 3.24. The standard InChI is InChI=1S/C13H15NO2/c1-16-9-3-4-10-11(7-9)13(5-2-6-13)8-14-12(10)15/h3-4,7H,2,5-6,8H2,1H3,(H,14,15). The van der Waals surface area contributed by atoms with Crippen LogP contribution in [0.4, 0.5) is 0 Å². The number of hydrogen-bond donors (Lipinski definition) is 1. The molecule has 1 saturated carbocycles. The van der Waals surface area contributed by atoms with E-state index in [0.29, 0.717) is 0 Å². The fourth-order valence-corrected chi connectivity index (χ4v) is 2.78. The van der Waals surface area contributed by atoms with Crippen LogP contribution in [0.2, 0.25) is 0 Å². The highest BCUT2D eigenvalue weighted by Gasteiger charge is 2.44. The molecule has 0 atom stereocenters. The van der Waals surface area contributed by atoms with Crippen molar-refractivity contribution in [2.75, 3.05) is 13.7 Å². The second-order valence-corrected chi connectivity index (χ2v) is 4.73. The number of carbonyl (C=O) groups excluding carboxylic acids is 1. The van der Waals surface area contributed by atoms with Gasteiger partial charge < -0.3 is 10.1 Å². The third kappa shape index (κ3) is 1.17. The molecule has 16 heavy (non-hydrogen) atoms. The Bertz CT molecular complexity index is 449. The molecular weight excluding hydrogens is 202 g/mol. The summed E-state index contributed by atoms with van der Waals surface area (Å²) in [5, 5.41) is 2.99. The molecule has 0 aromatic heterocycles. The van der Waals surface area contributed by atoms with E-state index in [-0.39, 0.29) is 11.3 Å². The summed E-state index contributed by atoms with van der Waals surface area (Å²) < 4.78 is 5.25. The van der Waals surface area contributed by atoms with Gasteiger partial charge in [0.25, 0.3) is 5.91 Å².